The number of nitrogens with zero attached hydrogens (tertiary/aromatic N) is 6. The lowest BCUT2D eigenvalue weighted by Crippen LogP contribution is -2.19. The van der Waals surface area contributed by atoms with Gasteiger partial charge in [0.1, 0.15) is 5.69 Å². The second-order valence-electron chi connectivity index (χ2n) is 6.00. The molecule has 0 spiro atoms. The van der Waals surface area contributed by atoms with Gasteiger partial charge in [-0.05, 0) is 34.6 Å². The van der Waals surface area contributed by atoms with Gasteiger partial charge in [0, 0.05) is 11.1 Å². The summed E-state index contributed by atoms with van der Waals surface area (Å²) in [4.78, 5) is 12.8. The van der Waals surface area contributed by atoms with Crippen LogP contribution in [0.2, 0.25) is 0 Å². The van der Waals surface area contributed by atoms with Crippen LogP contribution in [-0.4, -0.2) is 44.2 Å². The van der Waals surface area contributed by atoms with Gasteiger partial charge in [0.25, 0.3) is 5.91 Å². The fraction of sp³-hybridized carbons (Fsp3) is 0.0588. The van der Waals surface area contributed by atoms with E-state index in [1.165, 1.54) is 23.4 Å². The largest absolute Gasteiger partial charge is 0.472 e. The van der Waals surface area contributed by atoms with Gasteiger partial charge in [-0.25, -0.2) is 10.1 Å². The number of amides is 1. The summed E-state index contributed by atoms with van der Waals surface area (Å²) >= 11 is 0. The van der Waals surface area contributed by atoms with Crippen LogP contribution >= 0.6 is 0 Å². The lowest BCUT2D eigenvalue weighted by molar-refractivity contribution is 0.0950. The van der Waals surface area contributed by atoms with Crippen molar-refractivity contribution in [3.63, 3.8) is 0 Å². The number of furan rings is 1. The second kappa shape index (κ2) is 7.05. The molecule has 30 heavy (non-hydrogen) atoms. The van der Waals surface area contributed by atoms with E-state index in [1.807, 2.05) is 0 Å². The van der Waals surface area contributed by atoms with Crippen molar-refractivity contribution in [1.29, 1.82) is 0 Å². The van der Waals surface area contributed by atoms with E-state index >= 15 is 0 Å². The minimum Gasteiger partial charge on any atom is -0.472 e. The molecule has 0 radical (unpaired) electrons. The molecule has 3 N–H and O–H groups in total. The van der Waals surface area contributed by atoms with Gasteiger partial charge < -0.3 is 19.6 Å². The van der Waals surface area contributed by atoms with E-state index in [2.05, 4.69) is 35.8 Å². The zero-order valence-corrected chi connectivity index (χ0v) is 15.1. The molecule has 1 aromatic carbocycles. The van der Waals surface area contributed by atoms with E-state index in [-0.39, 0.29) is 29.8 Å². The number of carbonyl (C=O) groups is 1. The molecule has 0 fully saturated rings. The number of aromatic nitrogens is 5. The van der Waals surface area contributed by atoms with Gasteiger partial charge in [-0.2, -0.15) is 9.78 Å². The summed E-state index contributed by atoms with van der Waals surface area (Å²) in [6.07, 6.45) is 4.39. The molecule has 0 aliphatic carbocycles. The average molecular weight is 408 g/mol. The first kappa shape index (κ1) is 17.4. The number of anilines is 1. The number of benzene rings is 1. The maximum Gasteiger partial charge on any atom is 0.294 e. The van der Waals surface area contributed by atoms with Crippen molar-refractivity contribution in [1.82, 2.24) is 30.7 Å². The van der Waals surface area contributed by atoms with Crippen molar-refractivity contribution in [3.05, 3.63) is 48.0 Å². The molecule has 150 valence electrons. The molecule has 0 saturated carbocycles. The number of nitrogens with one attached hydrogen (secondary N) is 1. The number of hydrogen-bond acceptors (Lipinski definition) is 11. The molecule has 0 unspecified atom stereocenters. The Kier molecular flexibility index (Phi) is 4.09. The highest BCUT2D eigenvalue weighted by atomic mass is 16.7. The van der Waals surface area contributed by atoms with Crippen LogP contribution in [-0.2, 0) is 0 Å². The Hall–Kier alpha value is -4.68. The first-order valence-electron chi connectivity index (χ1n) is 8.50. The number of carbonyl (C=O) groups excluding carboxylic acids is 1. The molecule has 13 heteroatoms. The third kappa shape index (κ3) is 2.99. The molecule has 3 aromatic heterocycles. The quantitative estimate of drug-likeness (QED) is 0.358. The molecule has 4 aromatic rings. The first-order valence-corrected chi connectivity index (χ1v) is 8.50. The molecule has 13 nitrogen and oxygen atoms in total. The Labute approximate surface area is 167 Å². The van der Waals surface area contributed by atoms with Crippen LogP contribution in [0.1, 0.15) is 16.1 Å². The summed E-state index contributed by atoms with van der Waals surface area (Å²) < 4.78 is 21.6. The maximum atomic E-state index is 12.8. The summed E-state index contributed by atoms with van der Waals surface area (Å²) in [6, 6.07) is 6.80. The van der Waals surface area contributed by atoms with E-state index in [9.17, 15) is 4.79 Å². The zero-order chi connectivity index (χ0) is 20.5. The monoisotopic (exact) mass is 408 g/mol. The minimum absolute atomic E-state index is 0.0215. The van der Waals surface area contributed by atoms with Gasteiger partial charge in [0.2, 0.25) is 18.4 Å². The lowest BCUT2D eigenvalue weighted by Gasteiger charge is -2.06. The van der Waals surface area contributed by atoms with E-state index in [0.29, 0.717) is 22.6 Å². The third-order valence-electron chi connectivity index (χ3n) is 4.15. The highest BCUT2D eigenvalue weighted by Crippen LogP contribution is 2.37. The fourth-order valence-corrected chi connectivity index (χ4v) is 2.79. The van der Waals surface area contributed by atoms with Crippen LogP contribution in [0, 0.1) is 0 Å². The third-order valence-corrected chi connectivity index (χ3v) is 4.15. The highest BCUT2D eigenvalue weighted by molar-refractivity contribution is 5.99. The fourth-order valence-electron chi connectivity index (χ4n) is 2.79. The van der Waals surface area contributed by atoms with Crippen LogP contribution < -0.4 is 20.6 Å². The van der Waals surface area contributed by atoms with Gasteiger partial charge in [0.05, 0.1) is 18.7 Å². The van der Waals surface area contributed by atoms with Gasteiger partial charge in [-0.3, -0.25) is 4.79 Å². The first-order chi connectivity index (χ1) is 14.7. The molecule has 5 rings (SSSR count). The SMILES string of the molecule is Nc1nonc1-n1nnc(C(=O)N/N=C/c2ccoc2)c1-c1ccc2c(c1)OCO2. The van der Waals surface area contributed by atoms with Crippen molar-refractivity contribution in [3.8, 4) is 28.6 Å². The maximum absolute atomic E-state index is 12.8. The Morgan fingerprint density at radius 3 is 2.93 bits per heavy atom. The van der Waals surface area contributed by atoms with E-state index < -0.39 is 5.91 Å². The van der Waals surface area contributed by atoms with Crippen molar-refractivity contribution < 1.29 is 23.3 Å². The average Bonchev–Trinajstić information content (AvgIpc) is 3.53. The van der Waals surface area contributed by atoms with Crippen molar-refractivity contribution in [2.45, 2.75) is 0 Å². The Morgan fingerprint density at radius 1 is 1.23 bits per heavy atom. The Bertz CT molecular complexity index is 1240. The smallest absolute Gasteiger partial charge is 0.294 e. The highest BCUT2D eigenvalue weighted by Gasteiger charge is 2.26. The molecular formula is C17H12N8O5. The second-order valence-corrected chi connectivity index (χ2v) is 6.00. The number of nitrogen functional groups attached to an aromatic ring is 1. The summed E-state index contributed by atoms with van der Waals surface area (Å²) in [5.41, 5.74) is 9.68. The lowest BCUT2D eigenvalue weighted by atomic mass is 10.1. The molecule has 1 aliphatic rings. The van der Waals surface area contributed by atoms with E-state index in [4.69, 9.17) is 19.6 Å². The number of hydrazone groups is 1. The van der Waals surface area contributed by atoms with Gasteiger partial charge in [-0.15, -0.1) is 5.10 Å². The van der Waals surface area contributed by atoms with E-state index in [0.717, 1.165) is 0 Å². The molecule has 4 heterocycles. The van der Waals surface area contributed by atoms with E-state index in [1.54, 1.807) is 24.3 Å². The van der Waals surface area contributed by atoms with Gasteiger partial charge in [0.15, 0.2) is 17.2 Å². The van der Waals surface area contributed by atoms with Crippen LogP contribution in [0.15, 0.2) is 50.9 Å². The summed E-state index contributed by atoms with van der Waals surface area (Å²) in [7, 11) is 0. The normalized spacial score (nSPS) is 12.5. The standard InChI is InChI=1S/C17H12N8O5/c18-15-16(23-30-22-15)25-14(10-1-2-11-12(5-10)29-8-28-11)13(20-24-25)17(26)21-19-6-9-3-4-27-7-9/h1-7H,8H2,(H2,18,22)(H,21,26)/b19-6+. The topological polar surface area (TPSA) is 169 Å². The van der Waals surface area contributed by atoms with Gasteiger partial charge >= 0.3 is 0 Å². The number of fused-ring (bicyclic) bond motifs is 1. The number of ether oxygens (including phenoxy) is 2. The molecule has 1 aliphatic heterocycles. The molecule has 0 saturated heterocycles. The summed E-state index contributed by atoms with van der Waals surface area (Å²) in [5.74, 6) is 0.540. The summed E-state index contributed by atoms with van der Waals surface area (Å²) in [5, 5.41) is 19.1. The molecular weight excluding hydrogens is 396 g/mol. The Balaban J connectivity index is 1.55. The van der Waals surface area contributed by atoms with Crippen LogP contribution in [0.5, 0.6) is 11.5 Å². The predicted octanol–water partition coefficient (Wildman–Crippen LogP) is 0.985. The van der Waals surface area contributed by atoms with Crippen LogP contribution in [0.3, 0.4) is 0 Å². The Morgan fingerprint density at radius 2 is 2.13 bits per heavy atom. The molecule has 0 atom stereocenters. The predicted molar refractivity (Wildman–Crippen MR) is 99.0 cm³/mol. The minimum atomic E-state index is -0.608. The summed E-state index contributed by atoms with van der Waals surface area (Å²) in [6.45, 7) is 0.104. The number of nitrogens with two attached hydrogens (primary N) is 1. The van der Waals surface area contributed by atoms with Crippen LogP contribution in [0.25, 0.3) is 17.1 Å². The van der Waals surface area contributed by atoms with Gasteiger partial charge in [-0.1, -0.05) is 5.21 Å². The molecule has 0 bridgehead atoms. The zero-order valence-electron chi connectivity index (χ0n) is 15.1. The van der Waals surface area contributed by atoms with Crippen molar-refractivity contribution >= 4 is 17.9 Å². The number of rotatable bonds is 5. The van der Waals surface area contributed by atoms with Crippen molar-refractivity contribution in [2.24, 2.45) is 5.10 Å². The number of hydrogen-bond donors (Lipinski definition) is 2. The van der Waals surface area contributed by atoms with Crippen LogP contribution in [0.4, 0.5) is 5.82 Å². The van der Waals surface area contributed by atoms with Crippen molar-refractivity contribution in [2.75, 3.05) is 12.5 Å². The molecule has 1 amide bonds.